The first-order valence-corrected chi connectivity index (χ1v) is 17.4. The average Bonchev–Trinajstić information content (AvgIpc) is 2.53. The number of aldehydes is 1. The maximum absolute atomic E-state index is 12.5. The summed E-state index contributed by atoms with van der Waals surface area (Å²) in [5.41, 5.74) is 6.56. The summed E-state index contributed by atoms with van der Waals surface area (Å²) in [5.74, 6) is -1.76. The molecule has 2 amide bonds. The summed E-state index contributed by atoms with van der Waals surface area (Å²) in [4.78, 5) is 34.7. The Kier molecular flexibility index (Phi) is 11.5. The van der Waals surface area contributed by atoms with E-state index in [1.54, 1.807) is 0 Å². The molecule has 0 aromatic heterocycles. The van der Waals surface area contributed by atoms with Crippen molar-refractivity contribution in [1.82, 2.24) is 5.32 Å². The molecule has 0 bridgehead atoms. The molecule has 2 radical (unpaired) electrons. The zero-order valence-electron chi connectivity index (χ0n) is 17.5. The van der Waals surface area contributed by atoms with Gasteiger partial charge in [-0.15, -0.1) is 0 Å². The van der Waals surface area contributed by atoms with Crippen molar-refractivity contribution < 1.29 is 23.6 Å². The molecule has 3 unspecified atom stereocenters. The number of hydrogen-bond acceptors (Lipinski definition) is 5. The molecule has 0 aromatic rings. The smallest absolute Gasteiger partial charge is 0.225 e. The van der Waals surface area contributed by atoms with E-state index in [9.17, 15) is 19.5 Å². The summed E-state index contributed by atoms with van der Waals surface area (Å²) in [5, 5.41) is 11.7. The van der Waals surface area contributed by atoms with E-state index < -0.39 is 46.5 Å². The quantitative estimate of drug-likeness (QED) is 0.219. The molecule has 4 N–H and O–H groups in total. The molecule has 0 aliphatic carbocycles. The molecule has 0 heterocycles. The van der Waals surface area contributed by atoms with Crippen LogP contribution >= 0.6 is 0 Å². The second kappa shape index (κ2) is 11.9. The minimum Gasteiger partial charge on any atom is -0.456 e. The minimum atomic E-state index is -1.98. The van der Waals surface area contributed by atoms with Crippen molar-refractivity contribution in [2.75, 3.05) is 0 Å². The summed E-state index contributed by atoms with van der Waals surface area (Å²) in [6.45, 7) is 12.8. The molecule has 0 saturated carbocycles. The van der Waals surface area contributed by atoms with Crippen LogP contribution in [0.4, 0.5) is 0 Å². The van der Waals surface area contributed by atoms with Crippen LogP contribution in [-0.4, -0.2) is 55.6 Å². The first kappa shape index (κ1) is 26.2. The third kappa shape index (κ3) is 10.9. The molecule has 156 valence electrons. The van der Waals surface area contributed by atoms with Crippen molar-refractivity contribution in [3.05, 3.63) is 0 Å². The largest absolute Gasteiger partial charge is 0.456 e. The van der Waals surface area contributed by atoms with Crippen molar-refractivity contribution in [1.29, 1.82) is 0 Å². The van der Waals surface area contributed by atoms with Crippen molar-refractivity contribution in [2.45, 2.75) is 76.9 Å². The molecule has 27 heavy (non-hydrogen) atoms. The highest BCUT2D eigenvalue weighted by Crippen LogP contribution is 2.27. The second-order valence-electron chi connectivity index (χ2n) is 8.22. The Morgan fingerprint density at radius 2 is 1.81 bits per heavy atom. The summed E-state index contributed by atoms with van der Waals surface area (Å²) in [7, 11) is -2.84. The van der Waals surface area contributed by atoms with E-state index in [4.69, 9.17) is 9.85 Å². The first-order valence-electron chi connectivity index (χ1n) is 9.45. The number of carbonyl (C=O) groups excluding carboxylic acids is 3. The van der Waals surface area contributed by atoms with Crippen molar-refractivity contribution >= 4 is 44.3 Å². The maximum Gasteiger partial charge on any atom is 0.225 e. The van der Waals surface area contributed by atoms with Gasteiger partial charge in [0.25, 0.3) is 0 Å². The van der Waals surface area contributed by atoms with E-state index in [2.05, 4.69) is 38.1 Å². The molecule has 0 fully saturated rings. The molecular formula is C17H36N2O5Si3. The van der Waals surface area contributed by atoms with Gasteiger partial charge in [-0.05, 0) is 57.2 Å². The number of hydrogen-bond donors (Lipinski definition) is 3. The van der Waals surface area contributed by atoms with E-state index in [0.717, 1.165) is 21.2 Å². The van der Waals surface area contributed by atoms with Crippen molar-refractivity contribution in [2.24, 2.45) is 17.6 Å². The number of nitrogens with two attached hydrogens (primary N) is 1. The topological polar surface area (TPSA) is 119 Å². The van der Waals surface area contributed by atoms with Gasteiger partial charge in [0.1, 0.15) is 0 Å². The van der Waals surface area contributed by atoms with Crippen molar-refractivity contribution in [3.63, 3.8) is 0 Å². The molecule has 0 rings (SSSR count). The highest BCUT2D eigenvalue weighted by Gasteiger charge is 2.34. The van der Waals surface area contributed by atoms with Gasteiger partial charge in [-0.1, -0.05) is 13.5 Å². The van der Waals surface area contributed by atoms with Crippen LogP contribution in [0.1, 0.15) is 26.2 Å². The zero-order chi connectivity index (χ0) is 21.3. The Morgan fingerprint density at radius 3 is 2.26 bits per heavy atom. The number of primary amides is 1. The van der Waals surface area contributed by atoms with E-state index in [1.165, 1.54) is 0 Å². The molecule has 0 aromatic carbocycles. The fraction of sp³-hybridized carbons (Fsp3) is 0.824. The Hall–Kier alpha value is -0.819. The monoisotopic (exact) mass is 432 g/mol. The Labute approximate surface area is 167 Å². The second-order valence-corrected chi connectivity index (χ2v) is 18.7. The standard InChI is InChI=1S/C17H36N2O5Si3/c1-7-13(16(18)22)10-14(17(23)19-15(21)11-20)8-9-26(3,4)24-27(5,6)12-25-2/h11,13-15,21H,7-10,12H2,1-6H3,(H2,18,22)(H,19,23). The highest BCUT2D eigenvalue weighted by molar-refractivity contribution is 6.88. The van der Waals surface area contributed by atoms with Crippen LogP contribution in [0.25, 0.3) is 0 Å². The number of aliphatic hydroxyl groups excluding tert-OH is 1. The number of aliphatic hydroxyl groups is 1. The van der Waals surface area contributed by atoms with Gasteiger partial charge in [0.15, 0.2) is 29.1 Å². The Bertz CT molecular complexity index is 503. The van der Waals surface area contributed by atoms with Crippen LogP contribution < -0.4 is 11.1 Å². The minimum absolute atomic E-state index is 0.266. The van der Waals surface area contributed by atoms with Gasteiger partial charge in [0, 0.05) is 21.4 Å². The van der Waals surface area contributed by atoms with Crippen LogP contribution in [0, 0.1) is 11.8 Å². The normalized spacial score (nSPS) is 15.7. The first-order chi connectivity index (χ1) is 12.4. The number of nitrogens with one attached hydrogen (secondary N) is 1. The highest BCUT2D eigenvalue weighted by atomic mass is 28.4. The van der Waals surface area contributed by atoms with Gasteiger partial charge in [-0.25, -0.2) is 0 Å². The Morgan fingerprint density at radius 1 is 1.22 bits per heavy atom. The molecule has 0 spiro atoms. The zero-order valence-corrected chi connectivity index (χ0v) is 20.5. The fourth-order valence-electron chi connectivity index (χ4n) is 3.26. The Balaban J connectivity index is 5.13. The molecule has 3 atom stereocenters. The van der Waals surface area contributed by atoms with Crippen LogP contribution in [0.5, 0.6) is 0 Å². The molecule has 0 aliphatic rings. The van der Waals surface area contributed by atoms with Gasteiger partial charge in [-0.2, -0.15) is 0 Å². The van der Waals surface area contributed by atoms with Crippen LogP contribution in [0.2, 0.25) is 44.4 Å². The molecule has 0 saturated heterocycles. The van der Waals surface area contributed by atoms with Gasteiger partial charge in [0.05, 0.1) is 0 Å². The SMILES string of the molecule is CCC(CC(CC[Si](C)(C)O[Si](C)(C)C[Si]C)C(=O)NC(O)C=O)C(N)=O. The van der Waals surface area contributed by atoms with E-state index in [1.807, 2.05) is 6.92 Å². The summed E-state index contributed by atoms with van der Waals surface area (Å²) in [6.07, 6.45) is 0.128. The van der Waals surface area contributed by atoms with E-state index in [0.29, 0.717) is 19.3 Å². The molecule has 0 aliphatic heterocycles. The van der Waals surface area contributed by atoms with E-state index in [-0.39, 0.29) is 6.29 Å². The predicted octanol–water partition coefficient (Wildman–Crippen LogP) is 1.66. The van der Waals surface area contributed by atoms with Gasteiger partial charge >= 0.3 is 0 Å². The lowest BCUT2D eigenvalue weighted by atomic mass is 9.89. The molecular weight excluding hydrogens is 396 g/mol. The lowest BCUT2D eigenvalue weighted by molar-refractivity contribution is -0.133. The number of rotatable bonds is 14. The number of amides is 2. The lowest BCUT2D eigenvalue weighted by Gasteiger charge is -2.35. The number of carbonyl (C=O) groups is 3. The third-order valence-electron chi connectivity index (χ3n) is 4.50. The van der Waals surface area contributed by atoms with Crippen LogP contribution in [-0.2, 0) is 18.5 Å². The molecule has 7 nitrogen and oxygen atoms in total. The summed E-state index contributed by atoms with van der Waals surface area (Å²) < 4.78 is 6.53. The van der Waals surface area contributed by atoms with Crippen LogP contribution in [0.3, 0.4) is 0 Å². The average molecular weight is 433 g/mol. The fourth-order valence-corrected chi connectivity index (χ4v) is 15.0. The third-order valence-corrected chi connectivity index (χ3v) is 15.2. The molecule has 10 heteroatoms. The summed E-state index contributed by atoms with van der Waals surface area (Å²) in [6, 6.07) is 0.765. The van der Waals surface area contributed by atoms with Crippen molar-refractivity contribution in [3.8, 4) is 0 Å². The summed E-state index contributed by atoms with van der Waals surface area (Å²) >= 11 is 0. The van der Waals surface area contributed by atoms with Crippen LogP contribution in [0.15, 0.2) is 0 Å². The maximum atomic E-state index is 12.5. The predicted molar refractivity (Wildman–Crippen MR) is 113 cm³/mol. The van der Waals surface area contributed by atoms with Gasteiger partial charge in [-0.3, -0.25) is 14.4 Å². The van der Waals surface area contributed by atoms with Gasteiger partial charge in [0.2, 0.25) is 11.8 Å². The lowest BCUT2D eigenvalue weighted by Crippen LogP contribution is -2.46. The van der Waals surface area contributed by atoms with Gasteiger partial charge < -0.3 is 20.3 Å². The van der Waals surface area contributed by atoms with E-state index >= 15 is 0 Å².